The van der Waals surface area contributed by atoms with E-state index in [4.69, 9.17) is 5.11 Å². The summed E-state index contributed by atoms with van der Waals surface area (Å²) in [6, 6.07) is 2.95. The smallest absolute Gasteiger partial charge is 0.341 e. The van der Waals surface area contributed by atoms with Crippen molar-refractivity contribution in [3.63, 3.8) is 0 Å². The van der Waals surface area contributed by atoms with Crippen molar-refractivity contribution in [1.82, 2.24) is 14.1 Å². The Balaban J connectivity index is 2.51. The third-order valence-corrected chi connectivity index (χ3v) is 2.84. The Morgan fingerprint density at radius 2 is 2.17 bits per heavy atom. The zero-order chi connectivity index (χ0) is 13.3. The van der Waals surface area contributed by atoms with Gasteiger partial charge in [0.15, 0.2) is 0 Å². The highest BCUT2D eigenvalue weighted by atomic mass is 16.4. The predicted molar refractivity (Wildman–Crippen MR) is 64.7 cm³/mol. The summed E-state index contributed by atoms with van der Waals surface area (Å²) in [6.07, 6.45) is 3.41. The van der Waals surface area contributed by atoms with Crippen LogP contribution in [0.2, 0.25) is 0 Å². The number of aromatic carboxylic acids is 1. The number of rotatable bonds is 3. The number of hydrogen-bond acceptors (Lipinski definition) is 3. The molecule has 0 aliphatic carbocycles. The number of nitrogens with zero attached hydrogens (tertiary/aromatic N) is 3. The maximum Gasteiger partial charge on any atom is 0.341 e. The third kappa shape index (κ3) is 2.04. The Morgan fingerprint density at radius 1 is 1.44 bits per heavy atom. The highest BCUT2D eigenvalue weighted by Gasteiger charge is 2.13. The first kappa shape index (κ1) is 12.1. The second kappa shape index (κ2) is 4.48. The maximum atomic E-state index is 12.0. The van der Waals surface area contributed by atoms with E-state index in [2.05, 4.69) is 4.98 Å². The van der Waals surface area contributed by atoms with Gasteiger partial charge < -0.3 is 14.2 Å². The van der Waals surface area contributed by atoms with Gasteiger partial charge in [0.25, 0.3) is 5.56 Å². The summed E-state index contributed by atoms with van der Waals surface area (Å²) < 4.78 is 3.20. The van der Waals surface area contributed by atoms with Crippen molar-refractivity contribution in [1.29, 1.82) is 0 Å². The van der Waals surface area contributed by atoms with Gasteiger partial charge in [-0.3, -0.25) is 4.79 Å². The van der Waals surface area contributed by atoms with Crippen LogP contribution in [0.3, 0.4) is 0 Å². The van der Waals surface area contributed by atoms with Crippen LogP contribution in [0.15, 0.2) is 29.3 Å². The van der Waals surface area contributed by atoms with E-state index in [-0.39, 0.29) is 12.1 Å². The summed E-state index contributed by atoms with van der Waals surface area (Å²) >= 11 is 0. The van der Waals surface area contributed by atoms with E-state index >= 15 is 0 Å². The normalized spacial score (nSPS) is 10.6. The maximum absolute atomic E-state index is 12.0. The van der Waals surface area contributed by atoms with Crippen molar-refractivity contribution >= 4 is 5.97 Å². The predicted octanol–water partition coefficient (Wildman–Crippen LogP) is 0.637. The molecule has 0 unspecified atom stereocenters. The Morgan fingerprint density at radius 3 is 2.72 bits per heavy atom. The highest BCUT2D eigenvalue weighted by molar-refractivity contribution is 5.87. The van der Waals surface area contributed by atoms with Crippen molar-refractivity contribution in [3.05, 3.63) is 52.0 Å². The minimum atomic E-state index is -1.21. The summed E-state index contributed by atoms with van der Waals surface area (Å²) in [7, 11) is 1.82. The molecule has 0 aromatic carbocycles. The zero-order valence-corrected chi connectivity index (χ0v) is 10.1. The molecule has 0 amide bonds. The summed E-state index contributed by atoms with van der Waals surface area (Å²) in [6.45, 7) is 2.02. The van der Waals surface area contributed by atoms with Gasteiger partial charge in [-0.15, -0.1) is 0 Å². The number of aromatic nitrogens is 3. The van der Waals surface area contributed by atoms with Crippen molar-refractivity contribution in [2.75, 3.05) is 0 Å². The SMILES string of the molecule is Cc1ccc(C(=O)O)c(=O)n1Cc1nccn1C. The number of carbonyl (C=O) groups is 1. The van der Waals surface area contributed by atoms with Crippen LogP contribution < -0.4 is 5.56 Å². The van der Waals surface area contributed by atoms with E-state index in [0.717, 1.165) is 0 Å². The van der Waals surface area contributed by atoms with Crippen LogP contribution in [0.25, 0.3) is 0 Å². The van der Waals surface area contributed by atoms with Gasteiger partial charge in [0.1, 0.15) is 11.4 Å². The number of hydrogen-bond donors (Lipinski definition) is 1. The van der Waals surface area contributed by atoms with Crippen molar-refractivity contribution in [3.8, 4) is 0 Å². The molecule has 0 aliphatic heterocycles. The van der Waals surface area contributed by atoms with E-state index in [0.29, 0.717) is 11.5 Å². The Bertz CT molecular complexity index is 655. The van der Waals surface area contributed by atoms with Gasteiger partial charge in [0.2, 0.25) is 0 Å². The second-order valence-electron chi connectivity index (χ2n) is 4.04. The number of aryl methyl sites for hydroxylation is 2. The van der Waals surface area contributed by atoms with Gasteiger partial charge in [-0.1, -0.05) is 0 Å². The number of pyridine rings is 1. The molecule has 2 heterocycles. The Labute approximate surface area is 103 Å². The number of imidazole rings is 1. The van der Waals surface area contributed by atoms with Crippen LogP contribution in [-0.4, -0.2) is 25.2 Å². The lowest BCUT2D eigenvalue weighted by Gasteiger charge is -2.10. The summed E-state index contributed by atoms with van der Waals surface area (Å²) in [5, 5.41) is 8.93. The Kier molecular flexibility index (Phi) is 3.01. The van der Waals surface area contributed by atoms with Crippen LogP contribution in [0, 0.1) is 6.92 Å². The topological polar surface area (TPSA) is 77.1 Å². The minimum absolute atomic E-state index is 0.227. The first-order valence-corrected chi connectivity index (χ1v) is 5.40. The molecule has 1 N–H and O–H groups in total. The van der Waals surface area contributed by atoms with Crippen molar-refractivity contribution < 1.29 is 9.90 Å². The first-order valence-electron chi connectivity index (χ1n) is 5.40. The van der Waals surface area contributed by atoms with E-state index in [1.165, 1.54) is 10.6 Å². The van der Waals surface area contributed by atoms with Crippen LogP contribution in [0.5, 0.6) is 0 Å². The molecule has 18 heavy (non-hydrogen) atoms. The van der Waals surface area contributed by atoms with Gasteiger partial charge in [-0.2, -0.15) is 0 Å². The van der Waals surface area contributed by atoms with E-state index in [1.54, 1.807) is 30.0 Å². The number of carboxylic acids is 1. The lowest BCUT2D eigenvalue weighted by atomic mass is 10.2. The van der Waals surface area contributed by atoms with Crippen LogP contribution in [0.4, 0.5) is 0 Å². The fourth-order valence-corrected chi connectivity index (χ4v) is 1.72. The van der Waals surface area contributed by atoms with Crippen LogP contribution >= 0.6 is 0 Å². The van der Waals surface area contributed by atoms with Crippen LogP contribution in [-0.2, 0) is 13.6 Å². The van der Waals surface area contributed by atoms with Crippen molar-refractivity contribution in [2.24, 2.45) is 7.05 Å². The lowest BCUT2D eigenvalue weighted by molar-refractivity contribution is 0.0694. The molecule has 2 aromatic rings. The lowest BCUT2D eigenvalue weighted by Crippen LogP contribution is -2.29. The van der Waals surface area contributed by atoms with Gasteiger partial charge in [-0.25, -0.2) is 9.78 Å². The molecule has 0 saturated heterocycles. The molecule has 0 radical (unpaired) electrons. The monoisotopic (exact) mass is 247 g/mol. The molecule has 0 atom stereocenters. The molecular formula is C12H13N3O3. The van der Waals surface area contributed by atoms with Crippen molar-refractivity contribution in [2.45, 2.75) is 13.5 Å². The fraction of sp³-hybridized carbons (Fsp3) is 0.250. The van der Waals surface area contributed by atoms with Gasteiger partial charge >= 0.3 is 5.97 Å². The van der Waals surface area contributed by atoms with Crippen LogP contribution in [0.1, 0.15) is 21.9 Å². The molecule has 6 heteroatoms. The first-order chi connectivity index (χ1) is 8.50. The average molecular weight is 247 g/mol. The third-order valence-electron chi connectivity index (χ3n) is 2.84. The molecular weight excluding hydrogens is 234 g/mol. The fourth-order valence-electron chi connectivity index (χ4n) is 1.72. The second-order valence-corrected chi connectivity index (χ2v) is 4.04. The summed E-state index contributed by atoms with van der Waals surface area (Å²) in [5.41, 5.74) is -0.0340. The quantitative estimate of drug-likeness (QED) is 0.863. The van der Waals surface area contributed by atoms with E-state index < -0.39 is 11.5 Å². The highest BCUT2D eigenvalue weighted by Crippen LogP contribution is 2.03. The molecule has 2 aromatic heterocycles. The molecule has 0 fully saturated rings. The summed E-state index contributed by atoms with van der Waals surface area (Å²) in [5.74, 6) is -0.517. The van der Waals surface area contributed by atoms with E-state index in [9.17, 15) is 9.59 Å². The zero-order valence-electron chi connectivity index (χ0n) is 10.1. The summed E-state index contributed by atoms with van der Waals surface area (Å²) in [4.78, 5) is 27.1. The number of carboxylic acid groups (broad SMARTS) is 1. The average Bonchev–Trinajstić information content (AvgIpc) is 2.69. The molecule has 0 saturated carbocycles. The van der Waals surface area contributed by atoms with Gasteiger partial charge in [-0.05, 0) is 19.1 Å². The molecule has 0 bridgehead atoms. The molecule has 0 spiro atoms. The molecule has 94 valence electrons. The molecule has 2 rings (SSSR count). The minimum Gasteiger partial charge on any atom is -0.477 e. The Hall–Kier alpha value is -2.37. The van der Waals surface area contributed by atoms with Gasteiger partial charge in [0, 0.05) is 25.1 Å². The van der Waals surface area contributed by atoms with Gasteiger partial charge in [0.05, 0.1) is 6.54 Å². The molecule has 0 aliphatic rings. The van der Waals surface area contributed by atoms with E-state index in [1.807, 2.05) is 7.05 Å². The largest absolute Gasteiger partial charge is 0.477 e. The standard InChI is InChI=1S/C12H13N3O3/c1-8-3-4-9(12(17)18)11(16)15(8)7-10-13-5-6-14(10)2/h3-6H,7H2,1-2H3,(H,17,18). The molecule has 6 nitrogen and oxygen atoms in total.